The quantitative estimate of drug-likeness (QED) is 0.0265. The molecule has 0 spiro atoms. The third kappa shape index (κ3) is 50.4. The number of phosphoric ester groups is 1. The predicted molar refractivity (Wildman–Crippen MR) is 275 cm³/mol. The van der Waals surface area contributed by atoms with Gasteiger partial charge in [0.2, 0.25) is 0 Å². The Balaban J connectivity index is 3.93. The lowest BCUT2D eigenvalue weighted by Gasteiger charge is -2.19. The zero-order valence-corrected chi connectivity index (χ0v) is 42.3. The molecule has 2 atom stereocenters. The van der Waals surface area contributed by atoms with Gasteiger partial charge in [-0.05, 0) is 83.5 Å². The van der Waals surface area contributed by atoms with Gasteiger partial charge in [0.15, 0.2) is 6.10 Å². The number of hydrogen-bond acceptors (Lipinski definition) is 8. The van der Waals surface area contributed by atoms with Crippen LogP contribution in [0.5, 0.6) is 0 Å². The molecular weight excluding hydrogens is 834 g/mol. The highest BCUT2D eigenvalue weighted by atomic mass is 31.2. The number of carbonyl (C=O) groups excluding carboxylic acids is 2. The number of carbonyl (C=O) groups is 2. The third-order valence-electron chi connectivity index (χ3n) is 10.8. The molecule has 0 radical (unpaired) electrons. The average molecular weight is 930 g/mol. The molecule has 2 unspecified atom stereocenters. The number of nitrogens with two attached hydrogens (primary N) is 1. The van der Waals surface area contributed by atoms with Crippen molar-refractivity contribution in [3.63, 3.8) is 0 Å². The van der Waals surface area contributed by atoms with E-state index in [-0.39, 0.29) is 32.6 Å². The topological polar surface area (TPSA) is 134 Å². The standard InChI is InChI=1S/C55H96NO8P/c1-3-5-7-9-11-13-15-17-18-19-20-21-22-23-24-25-26-27-28-29-30-31-32-33-34-36-38-40-42-44-46-48-55(58)64-53(52-63-65(59,60)62-50-49-56)51-61-54(57)47-45-43-41-39-37-35-16-14-12-10-8-6-4-2/h5-8,11-14,17-18,20-21,35,37,53H,3-4,9-10,15-16,19,22-34,36,38-52,56H2,1-2H3,(H,59,60)/b7-5-,8-6-,13-11-,14-12-,18-17-,21-20-,37-35-. The van der Waals surface area contributed by atoms with E-state index in [1.807, 2.05) is 0 Å². The molecule has 0 heterocycles. The molecule has 0 saturated heterocycles. The SMILES string of the molecule is CC/C=C\C/C=C\C/C=C\C/C=C\CCCCCCCCCCCCCCCCCCCCC(=O)OC(COC(=O)CCCCC/C=C\C/C=C\C/C=C\CC)COP(=O)(O)OCCN. The zero-order valence-electron chi connectivity index (χ0n) is 41.4. The fourth-order valence-corrected chi connectivity index (χ4v) is 7.76. The van der Waals surface area contributed by atoms with Crippen LogP contribution in [-0.2, 0) is 32.7 Å². The van der Waals surface area contributed by atoms with Crippen molar-refractivity contribution in [1.29, 1.82) is 0 Å². The van der Waals surface area contributed by atoms with E-state index >= 15 is 0 Å². The summed E-state index contributed by atoms with van der Waals surface area (Å²) in [5.41, 5.74) is 5.36. The van der Waals surface area contributed by atoms with E-state index in [1.54, 1.807) is 0 Å². The van der Waals surface area contributed by atoms with Crippen molar-refractivity contribution in [3.05, 3.63) is 85.1 Å². The normalized spacial score (nSPS) is 13.8. The second-order valence-electron chi connectivity index (χ2n) is 17.0. The molecule has 65 heavy (non-hydrogen) atoms. The van der Waals surface area contributed by atoms with E-state index in [1.165, 1.54) is 96.3 Å². The van der Waals surface area contributed by atoms with Crippen molar-refractivity contribution in [2.45, 2.75) is 225 Å². The molecule has 0 aromatic heterocycles. The van der Waals surface area contributed by atoms with E-state index in [0.717, 1.165) is 83.5 Å². The minimum absolute atomic E-state index is 0.0467. The molecular formula is C55H96NO8P. The van der Waals surface area contributed by atoms with Crippen LogP contribution < -0.4 is 5.73 Å². The molecule has 0 bridgehead atoms. The minimum Gasteiger partial charge on any atom is -0.462 e. The first-order valence-corrected chi connectivity index (χ1v) is 27.6. The number of phosphoric acid groups is 1. The fraction of sp³-hybridized carbons (Fsp3) is 0.709. The van der Waals surface area contributed by atoms with Gasteiger partial charge in [0.05, 0.1) is 13.2 Å². The van der Waals surface area contributed by atoms with Gasteiger partial charge in [0.1, 0.15) is 6.61 Å². The average Bonchev–Trinajstić information content (AvgIpc) is 3.30. The molecule has 0 aliphatic carbocycles. The van der Waals surface area contributed by atoms with Gasteiger partial charge in [-0.2, -0.15) is 0 Å². The van der Waals surface area contributed by atoms with E-state index in [9.17, 15) is 19.0 Å². The van der Waals surface area contributed by atoms with E-state index in [2.05, 4.69) is 98.9 Å². The molecule has 10 heteroatoms. The van der Waals surface area contributed by atoms with Gasteiger partial charge < -0.3 is 20.1 Å². The van der Waals surface area contributed by atoms with Crippen LogP contribution in [0.4, 0.5) is 0 Å². The number of unbranched alkanes of at least 4 members (excludes halogenated alkanes) is 21. The smallest absolute Gasteiger partial charge is 0.462 e. The first-order chi connectivity index (χ1) is 31.8. The molecule has 0 aromatic rings. The van der Waals surface area contributed by atoms with Crippen LogP contribution in [0.15, 0.2) is 85.1 Å². The molecule has 0 aromatic carbocycles. The van der Waals surface area contributed by atoms with E-state index < -0.39 is 32.5 Å². The maximum absolute atomic E-state index is 12.7. The second kappa shape index (κ2) is 50.6. The van der Waals surface area contributed by atoms with Crippen LogP contribution in [0.3, 0.4) is 0 Å². The summed E-state index contributed by atoms with van der Waals surface area (Å²) in [6, 6.07) is 0. The summed E-state index contributed by atoms with van der Waals surface area (Å²) in [5.74, 6) is -0.862. The number of esters is 2. The van der Waals surface area contributed by atoms with Crippen LogP contribution in [0.25, 0.3) is 0 Å². The monoisotopic (exact) mass is 930 g/mol. The highest BCUT2D eigenvalue weighted by Crippen LogP contribution is 2.43. The number of hydrogen-bond donors (Lipinski definition) is 2. The van der Waals surface area contributed by atoms with E-state index in [4.69, 9.17) is 24.3 Å². The Morgan fingerprint density at radius 3 is 1.20 bits per heavy atom. The largest absolute Gasteiger partial charge is 0.472 e. The van der Waals surface area contributed by atoms with Crippen molar-refractivity contribution >= 4 is 19.8 Å². The highest BCUT2D eigenvalue weighted by molar-refractivity contribution is 7.47. The maximum Gasteiger partial charge on any atom is 0.472 e. The van der Waals surface area contributed by atoms with Crippen LogP contribution >= 0.6 is 7.82 Å². The lowest BCUT2D eigenvalue weighted by Crippen LogP contribution is -2.29. The Labute approximate surface area is 398 Å². The lowest BCUT2D eigenvalue weighted by molar-refractivity contribution is -0.161. The molecule has 0 rings (SSSR count). The van der Waals surface area contributed by atoms with Crippen molar-refractivity contribution < 1.29 is 37.6 Å². The highest BCUT2D eigenvalue weighted by Gasteiger charge is 2.26. The number of rotatable bonds is 48. The Kier molecular flexibility index (Phi) is 48.4. The molecule has 9 nitrogen and oxygen atoms in total. The molecule has 3 N–H and O–H groups in total. The van der Waals surface area contributed by atoms with E-state index in [0.29, 0.717) is 12.8 Å². The summed E-state index contributed by atoms with van der Waals surface area (Å²) in [5, 5.41) is 0. The summed E-state index contributed by atoms with van der Waals surface area (Å²) < 4.78 is 32.9. The van der Waals surface area contributed by atoms with Crippen molar-refractivity contribution in [1.82, 2.24) is 0 Å². The van der Waals surface area contributed by atoms with Gasteiger partial charge in [-0.15, -0.1) is 0 Å². The first kappa shape index (κ1) is 62.2. The van der Waals surface area contributed by atoms with Gasteiger partial charge in [0.25, 0.3) is 0 Å². The Morgan fingerprint density at radius 1 is 0.462 bits per heavy atom. The van der Waals surface area contributed by atoms with Crippen LogP contribution in [0.1, 0.15) is 219 Å². The molecule has 0 saturated carbocycles. The van der Waals surface area contributed by atoms with Gasteiger partial charge in [-0.1, -0.05) is 208 Å². The second-order valence-corrected chi connectivity index (χ2v) is 18.4. The minimum atomic E-state index is -4.39. The summed E-state index contributed by atoms with van der Waals surface area (Å²) >= 11 is 0. The van der Waals surface area contributed by atoms with Gasteiger partial charge in [0, 0.05) is 19.4 Å². The third-order valence-corrected chi connectivity index (χ3v) is 11.8. The Morgan fingerprint density at radius 2 is 0.800 bits per heavy atom. The predicted octanol–water partition coefficient (Wildman–Crippen LogP) is 16.0. The lowest BCUT2D eigenvalue weighted by atomic mass is 10.0. The van der Waals surface area contributed by atoms with Crippen molar-refractivity contribution in [2.24, 2.45) is 5.73 Å². The molecule has 0 aliphatic rings. The first-order valence-electron chi connectivity index (χ1n) is 26.1. The maximum atomic E-state index is 12.7. The summed E-state index contributed by atoms with van der Waals surface area (Å²) in [6.45, 7) is 3.48. The number of allylic oxidation sites excluding steroid dienone is 14. The molecule has 374 valence electrons. The molecule has 0 amide bonds. The fourth-order valence-electron chi connectivity index (χ4n) is 6.99. The van der Waals surface area contributed by atoms with Crippen LogP contribution in [0, 0.1) is 0 Å². The summed E-state index contributed by atoms with van der Waals surface area (Å²) in [4.78, 5) is 35.0. The van der Waals surface area contributed by atoms with Gasteiger partial charge in [-0.25, -0.2) is 4.57 Å². The Bertz CT molecular complexity index is 1340. The van der Waals surface area contributed by atoms with Crippen molar-refractivity contribution in [3.8, 4) is 0 Å². The summed E-state index contributed by atoms with van der Waals surface area (Å²) in [6.07, 6.45) is 65.1. The Hall–Kier alpha value is -2.81. The van der Waals surface area contributed by atoms with Crippen LogP contribution in [-0.4, -0.2) is 49.3 Å². The van der Waals surface area contributed by atoms with Crippen LogP contribution in [0.2, 0.25) is 0 Å². The number of ether oxygens (including phenoxy) is 2. The molecule has 0 fully saturated rings. The molecule has 0 aliphatic heterocycles. The van der Waals surface area contributed by atoms with Gasteiger partial charge >= 0.3 is 19.8 Å². The zero-order chi connectivity index (χ0) is 47.4. The van der Waals surface area contributed by atoms with Gasteiger partial charge in [-0.3, -0.25) is 18.6 Å². The van der Waals surface area contributed by atoms with Crippen molar-refractivity contribution in [2.75, 3.05) is 26.4 Å². The summed E-state index contributed by atoms with van der Waals surface area (Å²) in [7, 11) is -4.39.